The van der Waals surface area contributed by atoms with Crippen LogP contribution in [0.5, 0.6) is 0 Å². The van der Waals surface area contributed by atoms with Crippen LogP contribution in [-0.2, 0) is 0 Å². The van der Waals surface area contributed by atoms with Gasteiger partial charge in [0.05, 0.1) is 11.3 Å². The van der Waals surface area contributed by atoms with Gasteiger partial charge in [0.15, 0.2) is 0 Å². The molecule has 4 heteroatoms. The number of hydrogen-bond donors (Lipinski definition) is 0. The summed E-state index contributed by atoms with van der Waals surface area (Å²) >= 11 is 0. The number of piperidine rings is 2. The summed E-state index contributed by atoms with van der Waals surface area (Å²) < 4.78 is 13.3. The molecule has 0 bridgehead atoms. The maximum atomic E-state index is 13.3. The Bertz CT molecular complexity index is 572. The first-order valence-corrected chi connectivity index (χ1v) is 8.82. The number of nitrogens with zero attached hydrogens (tertiary/aromatic N) is 3. The van der Waals surface area contributed by atoms with Crippen molar-refractivity contribution in [1.29, 1.82) is 5.26 Å². The quantitative estimate of drug-likeness (QED) is 0.853. The molecule has 0 aliphatic carbocycles. The summed E-state index contributed by atoms with van der Waals surface area (Å²) in [6.45, 7) is 7.89. The van der Waals surface area contributed by atoms with Crippen molar-refractivity contribution in [2.75, 3.05) is 37.6 Å². The molecule has 0 radical (unpaired) electrons. The molecule has 1 atom stereocenters. The summed E-state index contributed by atoms with van der Waals surface area (Å²) in [7, 11) is 0. The molecule has 124 valence electrons. The molecule has 0 saturated carbocycles. The summed E-state index contributed by atoms with van der Waals surface area (Å²) in [6, 6.07) is 6.72. The normalized spacial score (nSPS) is 23.7. The molecule has 2 saturated heterocycles. The number of anilines is 1. The topological polar surface area (TPSA) is 30.3 Å². The van der Waals surface area contributed by atoms with E-state index in [0.717, 1.165) is 37.7 Å². The van der Waals surface area contributed by atoms with Crippen LogP contribution in [0.1, 0.15) is 38.2 Å². The molecule has 2 fully saturated rings. The summed E-state index contributed by atoms with van der Waals surface area (Å²) in [5, 5.41) is 9.27. The average Bonchev–Trinajstić information content (AvgIpc) is 2.57. The van der Waals surface area contributed by atoms with E-state index in [2.05, 4.69) is 22.8 Å². The zero-order valence-corrected chi connectivity index (χ0v) is 14.0. The fraction of sp³-hybridized carbons (Fsp3) is 0.632. The average molecular weight is 315 g/mol. The van der Waals surface area contributed by atoms with Crippen LogP contribution >= 0.6 is 0 Å². The first-order valence-electron chi connectivity index (χ1n) is 8.82. The van der Waals surface area contributed by atoms with Gasteiger partial charge in [-0.3, -0.25) is 0 Å². The molecule has 1 unspecified atom stereocenters. The van der Waals surface area contributed by atoms with Gasteiger partial charge in [0, 0.05) is 19.6 Å². The van der Waals surface area contributed by atoms with Crippen LogP contribution in [0.15, 0.2) is 18.2 Å². The van der Waals surface area contributed by atoms with Crippen molar-refractivity contribution >= 4 is 5.69 Å². The molecular formula is C19H26FN3. The molecule has 3 nitrogen and oxygen atoms in total. The van der Waals surface area contributed by atoms with E-state index >= 15 is 0 Å². The fourth-order valence-electron chi connectivity index (χ4n) is 3.92. The van der Waals surface area contributed by atoms with Gasteiger partial charge in [-0.2, -0.15) is 5.26 Å². The van der Waals surface area contributed by atoms with Gasteiger partial charge in [-0.05, 0) is 68.8 Å². The fourth-order valence-corrected chi connectivity index (χ4v) is 3.92. The first kappa shape index (κ1) is 16.3. The lowest BCUT2D eigenvalue weighted by molar-refractivity contribution is 0.159. The van der Waals surface area contributed by atoms with Crippen LogP contribution in [0, 0.1) is 29.0 Å². The molecule has 1 aromatic carbocycles. The highest BCUT2D eigenvalue weighted by Crippen LogP contribution is 2.28. The molecule has 1 aromatic rings. The van der Waals surface area contributed by atoms with Gasteiger partial charge in [-0.1, -0.05) is 6.92 Å². The second-order valence-electron chi connectivity index (χ2n) is 7.21. The maximum absolute atomic E-state index is 13.3. The highest BCUT2D eigenvalue weighted by Gasteiger charge is 2.25. The Balaban J connectivity index is 1.63. The standard InChI is InChI=1S/C19H26FN3/c1-15-6-9-22(10-7-15)13-16-3-2-8-23(14-16)19-5-4-18(20)11-17(19)12-21/h4-5,11,15-16H,2-3,6-10,13-14H2,1H3. The van der Waals surface area contributed by atoms with Crippen LogP contribution in [0.2, 0.25) is 0 Å². The van der Waals surface area contributed by atoms with E-state index in [9.17, 15) is 9.65 Å². The Kier molecular flexibility index (Phi) is 5.17. The summed E-state index contributed by atoms with van der Waals surface area (Å²) in [5.74, 6) is 1.18. The largest absolute Gasteiger partial charge is 0.370 e. The third-order valence-electron chi connectivity index (χ3n) is 5.33. The second kappa shape index (κ2) is 7.31. The summed E-state index contributed by atoms with van der Waals surface area (Å²) in [4.78, 5) is 4.88. The van der Waals surface area contributed by atoms with Crippen molar-refractivity contribution in [3.05, 3.63) is 29.6 Å². The van der Waals surface area contributed by atoms with Crippen molar-refractivity contribution in [2.24, 2.45) is 11.8 Å². The Morgan fingerprint density at radius 2 is 2.00 bits per heavy atom. The van der Waals surface area contributed by atoms with Crippen LogP contribution in [0.25, 0.3) is 0 Å². The van der Waals surface area contributed by atoms with Crippen molar-refractivity contribution < 1.29 is 4.39 Å². The van der Waals surface area contributed by atoms with Gasteiger partial charge in [-0.15, -0.1) is 0 Å². The molecule has 2 aliphatic rings. The lowest BCUT2D eigenvalue weighted by Crippen LogP contribution is -2.43. The molecule has 0 amide bonds. The van der Waals surface area contributed by atoms with Gasteiger partial charge in [0.2, 0.25) is 0 Å². The third kappa shape index (κ3) is 4.03. The molecule has 0 N–H and O–H groups in total. The number of nitriles is 1. The van der Waals surface area contributed by atoms with Gasteiger partial charge < -0.3 is 9.80 Å². The van der Waals surface area contributed by atoms with Crippen LogP contribution in [0.3, 0.4) is 0 Å². The summed E-state index contributed by atoms with van der Waals surface area (Å²) in [5.41, 5.74) is 1.35. The maximum Gasteiger partial charge on any atom is 0.124 e. The first-order chi connectivity index (χ1) is 11.2. The molecule has 2 heterocycles. The molecule has 23 heavy (non-hydrogen) atoms. The molecule has 2 aliphatic heterocycles. The number of likely N-dealkylation sites (tertiary alicyclic amines) is 1. The SMILES string of the molecule is CC1CCN(CC2CCCN(c3ccc(F)cc3C#N)C2)CC1. The molecule has 3 rings (SSSR count). The minimum Gasteiger partial charge on any atom is -0.370 e. The van der Waals surface area contributed by atoms with E-state index in [-0.39, 0.29) is 5.82 Å². The third-order valence-corrected chi connectivity index (χ3v) is 5.33. The van der Waals surface area contributed by atoms with E-state index in [4.69, 9.17) is 0 Å². The minimum absolute atomic E-state index is 0.332. The molecular weight excluding hydrogens is 289 g/mol. The van der Waals surface area contributed by atoms with E-state index in [1.54, 1.807) is 6.07 Å². The summed E-state index contributed by atoms with van der Waals surface area (Å²) in [6.07, 6.45) is 5.03. The predicted molar refractivity (Wildman–Crippen MR) is 90.9 cm³/mol. The lowest BCUT2D eigenvalue weighted by Gasteiger charge is -2.39. The Hall–Kier alpha value is -1.60. The number of halogens is 1. The number of rotatable bonds is 3. The van der Waals surface area contributed by atoms with Crippen LogP contribution in [-0.4, -0.2) is 37.6 Å². The smallest absolute Gasteiger partial charge is 0.124 e. The Labute approximate surface area is 138 Å². The molecule has 0 aromatic heterocycles. The molecule has 0 spiro atoms. The van der Waals surface area contributed by atoms with Crippen molar-refractivity contribution in [3.8, 4) is 6.07 Å². The van der Waals surface area contributed by atoms with Gasteiger partial charge in [-0.25, -0.2) is 4.39 Å². The van der Waals surface area contributed by atoms with Crippen molar-refractivity contribution in [1.82, 2.24) is 4.90 Å². The van der Waals surface area contributed by atoms with Gasteiger partial charge in [0.1, 0.15) is 11.9 Å². The van der Waals surface area contributed by atoms with Crippen LogP contribution in [0.4, 0.5) is 10.1 Å². The highest BCUT2D eigenvalue weighted by atomic mass is 19.1. The van der Waals surface area contributed by atoms with E-state index in [0.29, 0.717) is 11.5 Å². The Morgan fingerprint density at radius 3 is 2.74 bits per heavy atom. The number of benzene rings is 1. The predicted octanol–water partition coefficient (Wildman–Crippen LogP) is 3.65. The zero-order valence-electron chi connectivity index (χ0n) is 14.0. The van der Waals surface area contributed by atoms with E-state index in [1.165, 1.54) is 44.5 Å². The minimum atomic E-state index is -0.332. The monoisotopic (exact) mass is 315 g/mol. The second-order valence-corrected chi connectivity index (χ2v) is 7.21. The van der Waals surface area contributed by atoms with Crippen LogP contribution < -0.4 is 4.90 Å². The highest BCUT2D eigenvalue weighted by molar-refractivity contribution is 5.59. The van der Waals surface area contributed by atoms with Crippen molar-refractivity contribution in [2.45, 2.75) is 32.6 Å². The van der Waals surface area contributed by atoms with E-state index < -0.39 is 0 Å². The zero-order chi connectivity index (χ0) is 16.2. The van der Waals surface area contributed by atoms with Crippen molar-refractivity contribution in [3.63, 3.8) is 0 Å². The number of hydrogen-bond acceptors (Lipinski definition) is 3. The van der Waals surface area contributed by atoms with Gasteiger partial charge in [0.25, 0.3) is 0 Å². The Morgan fingerprint density at radius 1 is 1.22 bits per heavy atom. The van der Waals surface area contributed by atoms with E-state index in [1.807, 2.05) is 0 Å². The van der Waals surface area contributed by atoms with Gasteiger partial charge >= 0.3 is 0 Å². The lowest BCUT2D eigenvalue weighted by atomic mass is 9.94.